The summed E-state index contributed by atoms with van der Waals surface area (Å²) in [6, 6.07) is 0. The summed E-state index contributed by atoms with van der Waals surface area (Å²) in [7, 11) is 0. The van der Waals surface area contributed by atoms with Crippen LogP contribution in [0, 0.1) is 5.92 Å². The number of allylic oxidation sites excluding steroid dienone is 1. The van der Waals surface area contributed by atoms with Gasteiger partial charge in [-0.3, -0.25) is 14.4 Å². The van der Waals surface area contributed by atoms with Crippen molar-refractivity contribution in [2.75, 3.05) is 0 Å². The Kier molecular flexibility index (Phi) is 12.2. The van der Waals surface area contributed by atoms with Crippen LogP contribution in [0.2, 0.25) is 0 Å². The average molecular weight is 653 g/mol. The molecule has 2 aliphatic carbocycles. The van der Waals surface area contributed by atoms with Gasteiger partial charge in [-0.25, -0.2) is 4.79 Å². The van der Waals surface area contributed by atoms with Crippen molar-refractivity contribution in [1.82, 2.24) is 0 Å². The molecule has 0 spiro atoms. The topological polar surface area (TPSA) is 175 Å². The van der Waals surface area contributed by atoms with Crippen LogP contribution in [0.15, 0.2) is 22.8 Å². The van der Waals surface area contributed by atoms with Crippen LogP contribution < -0.4 is 0 Å². The molecule has 0 bridgehead atoms. The summed E-state index contributed by atoms with van der Waals surface area (Å²) in [6.07, 6.45) is -1.29. The number of hydrogen-bond donors (Lipinski definition) is 3. The Balaban J connectivity index is 2.22. The van der Waals surface area contributed by atoms with Crippen LogP contribution in [0.3, 0.4) is 0 Å². The van der Waals surface area contributed by atoms with E-state index >= 15 is 0 Å². The van der Waals surface area contributed by atoms with Gasteiger partial charge in [-0.15, -0.1) is 0 Å². The molecule has 0 radical (unpaired) electrons. The van der Waals surface area contributed by atoms with E-state index in [1.165, 1.54) is 6.92 Å². The molecule has 1 aliphatic heterocycles. The Morgan fingerprint density at radius 2 is 1.57 bits per heavy atom. The third-order valence-corrected chi connectivity index (χ3v) is 9.67. The summed E-state index contributed by atoms with van der Waals surface area (Å²) < 4.78 is 29.6. The second-order valence-electron chi connectivity index (χ2n) is 13.2. The molecule has 260 valence electrons. The van der Waals surface area contributed by atoms with Gasteiger partial charge in [0.15, 0.2) is 24.1 Å². The summed E-state index contributed by atoms with van der Waals surface area (Å²) in [5, 5.41) is 34.9. The molecule has 1 saturated carbocycles. The maximum Gasteiger partial charge on any atom is 0.334 e. The lowest BCUT2D eigenvalue weighted by molar-refractivity contribution is -0.228. The summed E-state index contributed by atoms with van der Waals surface area (Å²) >= 11 is 0. The number of hydrogen-bond acceptors (Lipinski definition) is 12. The predicted octanol–water partition coefficient (Wildman–Crippen LogP) is 3.72. The highest BCUT2D eigenvalue weighted by molar-refractivity contribution is 5.88. The van der Waals surface area contributed by atoms with Crippen LogP contribution in [-0.4, -0.2) is 86.7 Å². The lowest BCUT2D eigenvalue weighted by atomic mass is 9.75. The molecule has 0 unspecified atom stereocenters. The molecule has 12 heteroatoms. The maximum atomic E-state index is 13.4. The van der Waals surface area contributed by atoms with E-state index in [9.17, 15) is 34.5 Å². The number of unbranched alkanes of at least 4 members (excludes halogenated alkanes) is 4. The fourth-order valence-electron chi connectivity index (χ4n) is 7.02. The van der Waals surface area contributed by atoms with Crippen LogP contribution in [0.5, 0.6) is 0 Å². The monoisotopic (exact) mass is 652 g/mol. The van der Waals surface area contributed by atoms with E-state index in [4.69, 9.17) is 23.7 Å². The van der Waals surface area contributed by atoms with Gasteiger partial charge in [0.05, 0.1) is 5.92 Å². The molecule has 0 amide bonds. The highest BCUT2D eigenvalue weighted by Gasteiger charge is 2.75. The van der Waals surface area contributed by atoms with Crippen molar-refractivity contribution in [2.45, 2.75) is 161 Å². The van der Waals surface area contributed by atoms with Crippen molar-refractivity contribution in [3.63, 3.8) is 0 Å². The van der Waals surface area contributed by atoms with Crippen LogP contribution >= 0.6 is 0 Å². The zero-order valence-corrected chi connectivity index (χ0v) is 28.4. The number of carbonyl (C=O) groups is 4. The third kappa shape index (κ3) is 7.19. The number of esters is 4. The number of aliphatic hydroxyl groups excluding tert-OH is 1. The summed E-state index contributed by atoms with van der Waals surface area (Å²) in [6.45, 7) is 12.6. The number of fused-ring (bicyclic) bond motifs is 3. The van der Waals surface area contributed by atoms with E-state index in [0.717, 1.165) is 32.6 Å². The van der Waals surface area contributed by atoms with E-state index < -0.39 is 77.3 Å². The lowest BCUT2D eigenvalue weighted by Crippen LogP contribution is -2.65. The summed E-state index contributed by atoms with van der Waals surface area (Å²) in [4.78, 5) is 52.0. The minimum absolute atomic E-state index is 0.000943. The molecular weight excluding hydrogens is 600 g/mol. The molecule has 0 aromatic rings. The maximum absolute atomic E-state index is 13.4. The SMILES string of the molecule is C/C=C(/C)C(=O)O[C@H]1C(C)=C2[C@H]([C@@H]1OC(=O)CCCCCCC)[C@@](C)(OC(C)=O)C[C@H](OC(=O)CCC)[C@@]1(O)[C@H]2O[C@@H](O)[C@@]1(C)O. The summed E-state index contributed by atoms with van der Waals surface area (Å²) in [5.41, 5.74) is -5.68. The van der Waals surface area contributed by atoms with Gasteiger partial charge in [-0.05, 0) is 58.6 Å². The van der Waals surface area contributed by atoms with Gasteiger partial charge in [0.1, 0.15) is 23.4 Å². The molecule has 3 aliphatic rings. The van der Waals surface area contributed by atoms with Crippen molar-refractivity contribution in [1.29, 1.82) is 0 Å². The summed E-state index contributed by atoms with van der Waals surface area (Å²) in [5.74, 6) is -3.73. The molecule has 0 aromatic heterocycles. The number of rotatable bonds is 13. The second kappa shape index (κ2) is 15.0. The molecule has 0 aromatic carbocycles. The Bertz CT molecular complexity index is 1220. The molecule has 2 fully saturated rings. The fourth-order valence-corrected chi connectivity index (χ4v) is 7.02. The standard InChI is InChI=1S/C34H52O12/c1-9-12-13-14-15-17-24(37)43-28-26-25(20(5)27(28)44-30(38)19(4)11-3)29-34(41,33(8,40)31(39)45-29)22(42-23(36)16-10-2)18-32(26,7)46-21(6)35/h11,22,26-29,31,39-41H,9-10,12-18H2,1-8H3/b19-11-/t22-,26+,27-,28-,29-,31+,32-,33+,34+/m0/s1. The van der Waals surface area contributed by atoms with Gasteiger partial charge in [0, 0.05) is 31.8 Å². The van der Waals surface area contributed by atoms with Gasteiger partial charge in [0.2, 0.25) is 0 Å². The predicted molar refractivity (Wildman–Crippen MR) is 165 cm³/mol. The Morgan fingerprint density at radius 1 is 0.935 bits per heavy atom. The zero-order valence-electron chi connectivity index (χ0n) is 28.4. The molecule has 46 heavy (non-hydrogen) atoms. The molecule has 9 atom stereocenters. The van der Waals surface area contributed by atoms with Crippen molar-refractivity contribution < 1.29 is 58.2 Å². The van der Waals surface area contributed by atoms with Gasteiger partial charge in [-0.1, -0.05) is 45.6 Å². The van der Waals surface area contributed by atoms with Crippen LogP contribution in [0.25, 0.3) is 0 Å². The number of carbonyl (C=O) groups excluding carboxylic acids is 4. The highest BCUT2D eigenvalue weighted by Crippen LogP contribution is 2.58. The average Bonchev–Trinajstić information content (AvgIpc) is 3.30. The first-order valence-electron chi connectivity index (χ1n) is 16.4. The minimum atomic E-state index is -2.46. The first-order valence-corrected chi connectivity index (χ1v) is 16.4. The first kappa shape index (κ1) is 37.7. The van der Waals surface area contributed by atoms with E-state index in [2.05, 4.69) is 6.92 Å². The minimum Gasteiger partial charge on any atom is -0.459 e. The molecular formula is C34H52O12. The van der Waals surface area contributed by atoms with Gasteiger partial charge in [0.25, 0.3) is 0 Å². The third-order valence-electron chi connectivity index (χ3n) is 9.67. The van der Waals surface area contributed by atoms with Gasteiger partial charge >= 0.3 is 23.9 Å². The van der Waals surface area contributed by atoms with Crippen LogP contribution in [-0.2, 0) is 42.9 Å². The van der Waals surface area contributed by atoms with Crippen LogP contribution in [0.4, 0.5) is 0 Å². The largest absolute Gasteiger partial charge is 0.459 e. The molecule has 1 heterocycles. The lowest BCUT2D eigenvalue weighted by Gasteiger charge is -2.43. The van der Waals surface area contributed by atoms with Crippen molar-refractivity contribution in [2.24, 2.45) is 5.92 Å². The Labute approximate surface area is 271 Å². The Hall–Kier alpha value is -2.80. The quantitative estimate of drug-likeness (QED) is 0.0866. The fraction of sp³-hybridized carbons (Fsp3) is 0.765. The number of aliphatic hydroxyl groups is 3. The smallest absolute Gasteiger partial charge is 0.334 e. The van der Waals surface area contributed by atoms with E-state index in [-0.39, 0.29) is 24.8 Å². The molecule has 1 saturated heterocycles. The molecule has 12 nitrogen and oxygen atoms in total. The Morgan fingerprint density at radius 3 is 2.15 bits per heavy atom. The number of ether oxygens (including phenoxy) is 5. The van der Waals surface area contributed by atoms with Gasteiger partial charge in [-0.2, -0.15) is 0 Å². The van der Waals surface area contributed by atoms with E-state index in [1.54, 1.807) is 40.7 Å². The highest BCUT2D eigenvalue weighted by atomic mass is 16.7. The zero-order chi connectivity index (χ0) is 34.6. The van der Waals surface area contributed by atoms with E-state index in [1.807, 2.05) is 0 Å². The van der Waals surface area contributed by atoms with E-state index in [0.29, 0.717) is 24.0 Å². The molecule has 3 rings (SSSR count). The molecule has 3 N–H and O–H groups in total. The van der Waals surface area contributed by atoms with Crippen LogP contribution in [0.1, 0.15) is 113 Å². The van der Waals surface area contributed by atoms with Crippen molar-refractivity contribution in [3.05, 3.63) is 22.8 Å². The van der Waals surface area contributed by atoms with Gasteiger partial charge < -0.3 is 39.0 Å². The first-order chi connectivity index (χ1) is 21.5. The second-order valence-corrected chi connectivity index (χ2v) is 13.2. The van der Waals surface area contributed by atoms with Crippen molar-refractivity contribution >= 4 is 23.9 Å². The normalized spacial score (nSPS) is 35.6. The van der Waals surface area contributed by atoms with Crippen molar-refractivity contribution in [3.8, 4) is 0 Å².